The number of carbonyl (C=O) groups is 1. The molecule has 0 bridgehead atoms. The van der Waals surface area contributed by atoms with Crippen LogP contribution in [0.4, 0.5) is 5.69 Å². The Hall–Kier alpha value is -2.05. The van der Waals surface area contributed by atoms with Crippen molar-refractivity contribution >= 4 is 33.0 Å². The Labute approximate surface area is 158 Å². The molecular weight excluding hydrogens is 374 g/mol. The number of hydrogen-bond acceptors (Lipinski definition) is 4. The number of carbonyl (C=O) groups excluding carboxylic acids is 1. The summed E-state index contributed by atoms with van der Waals surface area (Å²) in [6.07, 6.45) is 0.840. The minimum atomic E-state index is -3.31. The lowest BCUT2D eigenvalue weighted by Gasteiger charge is -2.29. The lowest BCUT2D eigenvalue weighted by atomic mass is 10.2. The quantitative estimate of drug-likeness (QED) is 0.727. The predicted octanol–water partition coefficient (Wildman–Crippen LogP) is 3.63. The summed E-state index contributed by atoms with van der Waals surface area (Å²) in [6, 6.07) is 12.1. The van der Waals surface area contributed by atoms with Gasteiger partial charge in [0.15, 0.2) is 9.84 Å². The number of aryl methyl sites for hydroxylation is 1. The fourth-order valence-corrected chi connectivity index (χ4v) is 4.44. The summed E-state index contributed by atoms with van der Waals surface area (Å²) >= 11 is 5.98. The molecule has 0 fully saturated rings. The molecule has 0 aliphatic carbocycles. The van der Waals surface area contributed by atoms with E-state index >= 15 is 0 Å². The molecule has 0 aromatic heterocycles. The summed E-state index contributed by atoms with van der Waals surface area (Å²) in [7, 11) is -3.31. The number of anilines is 1. The predicted molar refractivity (Wildman–Crippen MR) is 102 cm³/mol. The third-order valence-electron chi connectivity index (χ3n) is 4.31. The largest absolute Gasteiger partial charge is 0.494 e. The summed E-state index contributed by atoms with van der Waals surface area (Å²) < 4.78 is 29.9. The number of amides is 1. The van der Waals surface area contributed by atoms with Gasteiger partial charge in [-0.25, -0.2) is 8.42 Å². The molecule has 0 N–H and O–H groups in total. The van der Waals surface area contributed by atoms with E-state index in [2.05, 4.69) is 0 Å². The summed E-state index contributed by atoms with van der Waals surface area (Å²) in [5, 5.41) is 0.686. The van der Waals surface area contributed by atoms with Crippen LogP contribution in [0.2, 0.25) is 5.02 Å². The van der Waals surface area contributed by atoms with Gasteiger partial charge in [0.1, 0.15) is 5.75 Å². The molecule has 26 heavy (non-hydrogen) atoms. The Morgan fingerprint density at radius 3 is 2.77 bits per heavy atom. The molecular formula is C19H20ClNO4S. The first-order valence-electron chi connectivity index (χ1n) is 8.39. The van der Waals surface area contributed by atoms with Gasteiger partial charge in [-0.15, -0.1) is 0 Å². The van der Waals surface area contributed by atoms with Gasteiger partial charge < -0.3 is 9.64 Å². The van der Waals surface area contributed by atoms with Crippen molar-refractivity contribution in [3.8, 4) is 5.75 Å². The van der Waals surface area contributed by atoms with Crippen molar-refractivity contribution in [3.05, 3.63) is 53.1 Å². The number of para-hydroxylation sites is 1. The van der Waals surface area contributed by atoms with Crippen molar-refractivity contribution in [1.82, 2.24) is 0 Å². The Bertz CT molecular complexity index is 927. The van der Waals surface area contributed by atoms with E-state index in [9.17, 15) is 13.2 Å². The number of hydrogen-bond donors (Lipinski definition) is 0. The van der Waals surface area contributed by atoms with Crippen molar-refractivity contribution in [3.63, 3.8) is 0 Å². The fraction of sp³-hybridized carbons (Fsp3) is 0.316. The zero-order valence-electron chi connectivity index (χ0n) is 14.4. The van der Waals surface area contributed by atoms with E-state index in [0.717, 1.165) is 5.56 Å². The summed E-state index contributed by atoms with van der Waals surface area (Å²) in [5.74, 6) is 0.577. The monoisotopic (exact) mass is 393 g/mol. The Kier molecular flexibility index (Phi) is 5.53. The van der Waals surface area contributed by atoms with Gasteiger partial charge in [0.05, 0.1) is 22.9 Å². The maximum absolute atomic E-state index is 12.5. The van der Waals surface area contributed by atoms with Crippen LogP contribution in [0.25, 0.3) is 0 Å². The third-order valence-corrected chi connectivity index (χ3v) is 6.47. The van der Waals surface area contributed by atoms with Gasteiger partial charge >= 0.3 is 0 Å². The smallest absolute Gasteiger partial charge is 0.227 e. The van der Waals surface area contributed by atoms with Gasteiger partial charge in [-0.2, -0.15) is 0 Å². The van der Waals surface area contributed by atoms with Crippen molar-refractivity contribution in [2.45, 2.75) is 24.7 Å². The van der Waals surface area contributed by atoms with E-state index in [1.807, 2.05) is 13.0 Å². The highest BCUT2D eigenvalue weighted by Crippen LogP contribution is 2.30. The van der Waals surface area contributed by atoms with Gasteiger partial charge in [-0.1, -0.05) is 23.7 Å². The average molecular weight is 394 g/mol. The maximum atomic E-state index is 12.5. The zero-order chi connectivity index (χ0) is 18.7. The molecule has 2 aromatic carbocycles. The van der Waals surface area contributed by atoms with E-state index < -0.39 is 9.84 Å². The molecule has 1 amide bonds. The molecule has 1 aliphatic heterocycles. The van der Waals surface area contributed by atoms with Crippen LogP contribution in [0.5, 0.6) is 5.75 Å². The minimum Gasteiger partial charge on any atom is -0.494 e. The van der Waals surface area contributed by atoms with Crippen molar-refractivity contribution < 1.29 is 17.9 Å². The number of halogens is 1. The third kappa shape index (κ3) is 4.02. The maximum Gasteiger partial charge on any atom is 0.227 e. The van der Waals surface area contributed by atoms with Crippen LogP contribution in [0.1, 0.15) is 18.4 Å². The highest BCUT2D eigenvalue weighted by molar-refractivity contribution is 7.91. The second kappa shape index (κ2) is 7.68. The van der Waals surface area contributed by atoms with Gasteiger partial charge in [0.2, 0.25) is 5.91 Å². The fourth-order valence-electron chi connectivity index (χ4n) is 2.90. The molecule has 1 aliphatic rings. The van der Waals surface area contributed by atoms with Crippen molar-refractivity contribution in [2.75, 3.05) is 23.8 Å². The van der Waals surface area contributed by atoms with Crippen LogP contribution in [-0.2, 0) is 14.6 Å². The summed E-state index contributed by atoms with van der Waals surface area (Å²) in [4.78, 5) is 14.3. The number of ether oxygens (including phenoxy) is 1. The van der Waals surface area contributed by atoms with Crippen LogP contribution in [0, 0.1) is 6.92 Å². The van der Waals surface area contributed by atoms with Crippen LogP contribution < -0.4 is 9.64 Å². The number of sulfone groups is 1. The molecule has 1 heterocycles. The normalized spacial score (nSPS) is 15.4. The Morgan fingerprint density at radius 1 is 1.23 bits per heavy atom. The van der Waals surface area contributed by atoms with Gasteiger partial charge in [-0.3, -0.25) is 4.79 Å². The molecule has 0 radical (unpaired) electrons. The number of rotatable bonds is 5. The molecule has 0 atom stereocenters. The first-order valence-corrected chi connectivity index (χ1v) is 10.4. The molecule has 0 saturated heterocycles. The van der Waals surface area contributed by atoms with Crippen LogP contribution >= 0.6 is 11.6 Å². The first-order chi connectivity index (χ1) is 12.4. The van der Waals surface area contributed by atoms with E-state index in [-0.39, 0.29) is 23.1 Å². The second-order valence-corrected chi connectivity index (χ2v) is 8.68. The average Bonchev–Trinajstić information content (AvgIpc) is 2.62. The number of nitrogens with zero attached hydrogens (tertiary/aromatic N) is 1. The molecule has 0 unspecified atom stereocenters. The molecule has 7 heteroatoms. The lowest BCUT2D eigenvalue weighted by Crippen LogP contribution is -2.39. The standard InChI is InChI=1S/C19H20ClNO4S/c1-14-13-15(8-9-16(14)20)25-11-4-7-19(22)21-10-12-26(23,24)18-6-3-2-5-17(18)21/h2-3,5-6,8-9,13H,4,7,10-12H2,1H3. The summed E-state index contributed by atoms with van der Waals surface area (Å²) in [6.45, 7) is 2.50. The van der Waals surface area contributed by atoms with Crippen molar-refractivity contribution in [2.24, 2.45) is 0 Å². The number of benzene rings is 2. The second-order valence-electron chi connectivity index (χ2n) is 6.19. The molecule has 5 nitrogen and oxygen atoms in total. The van der Waals surface area contributed by atoms with Gasteiger partial charge in [-0.05, 0) is 49.2 Å². The lowest BCUT2D eigenvalue weighted by molar-refractivity contribution is -0.118. The topological polar surface area (TPSA) is 63.7 Å². The Balaban J connectivity index is 1.58. The molecule has 3 rings (SSSR count). The van der Waals surface area contributed by atoms with Crippen LogP contribution in [0.3, 0.4) is 0 Å². The molecule has 138 valence electrons. The minimum absolute atomic E-state index is 0.0453. The molecule has 2 aromatic rings. The Morgan fingerprint density at radius 2 is 2.00 bits per heavy atom. The van der Waals surface area contributed by atoms with Crippen LogP contribution in [0.15, 0.2) is 47.4 Å². The van der Waals surface area contributed by atoms with Gasteiger partial charge in [0.25, 0.3) is 0 Å². The number of fused-ring (bicyclic) bond motifs is 1. The molecule has 0 saturated carbocycles. The van der Waals surface area contributed by atoms with E-state index in [4.69, 9.17) is 16.3 Å². The molecule has 0 spiro atoms. The SMILES string of the molecule is Cc1cc(OCCCC(=O)N2CCS(=O)(=O)c3ccccc32)ccc1Cl. The van der Waals surface area contributed by atoms with Crippen LogP contribution in [-0.4, -0.2) is 33.2 Å². The van der Waals surface area contributed by atoms with Gasteiger partial charge in [0, 0.05) is 18.0 Å². The van der Waals surface area contributed by atoms with Crippen molar-refractivity contribution in [1.29, 1.82) is 0 Å². The zero-order valence-corrected chi connectivity index (χ0v) is 16.0. The highest BCUT2D eigenvalue weighted by Gasteiger charge is 2.30. The van der Waals surface area contributed by atoms with E-state index in [0.29, 0.717) is 35.9 Å². The van der Waals surface area contributed by atoms with E-state index in [1.165, 1.54) is 0 Å². The first kappa shape index (κ1) is 18.7. The van der Waals surface area contributed by atoms with E-state index in [1.54, 1.807) is 41.3 Å². The summed E-state index contributed by atoms with van der Waals surface area (Å²) in [5.41, 5.74) is 1.41. The highest BCUT2D eigenvalue weighted by atomic mass is 35.5.